The van der Waals surface area contributed by atoms with Gasteiger partial charge in [0, 0.05) is 40.5 Å². The predicted molar refractivity (Wildman–Crippen MR) is 119 cm³/mol. The van der Waals surface area contributed by atoms with Gasteiger partial charge in [-0.3, -0.25) is 14.6 Å². The Morgan fingerprint density at radius 1 is 1.10 bits per heavy atom. The van der Waals surface area contributed by atoms with Crippen LogP contribution < -0.4 is 5.32 Å². The molecule has 1 N–H and O–H groups in total. The molecule has 30 heavy (non-hydrogen) atoms. The summed E-state index contributed by atoms with van der Waals surface area (Å²) in [5.74, 6) is -0.389. The molecule has 1 aromatic heterocycles. The van der Waals surface area contributed by atoms with Gasteiger partial charge >= 0.3 is 0 Å². The van der Waals surface area contributed by atoms with Crippen molar-refractivity contribution in [1.82, 2.24) is 4.98 Å². The molecule has 1 aliphatic carbocycles. The van der Waals surface area contributed by atoms with Crippen molar-refractivity contribution >= 4 is 34.8 Å². The summed E-state index contributed by atoms with van der Waals surface area (Å²) >= 11 is 6.09. The normalized spacial score (nSPS) is 23.7. The third-order valence-corrected chi connectivity index (χ3v) is 6.02. The molecule has 1 aromatic carbocycles. The number of nitrogens with one attached hydrogen (secondary N) is 1. The van der Waals surface area contributed by atoms with Gasteiger partial charge in [0.05, 0.1) is 5.92 Å². The second-order valence-corrected chi connectivity index (χ2v) is 8.70. The number of hydrogen-bond acceptors (Lipinski definition) is 4. The first-order valence-electron chi connectivity index (χ1n) is 10.1. The third-order valence-electron chi connectivity index (χ3n) is 5.77. The molecule has 1 amide bonds. The number of aromatic nitrogens is 1. The molecular formula is C24H24ClN3O2. The number of aryl methyl sites for hydroxylation is 1. The molecule has 1 unspecified atom stereocenters. The zero-order chi connectivity index (χ0) is 21.4. The number of rotatable bonds is 3. The van der Waals surface area contributed by atoms with Crippen LogP contribution in [0, 0.1) is 18.8 Å². The lowest BCUT2D eigenvalue weighted by Gasteiger charge is -2.36. The van der Waals surface area contributed by atoms with Crippen molar-refractivity contribution in [2.24, 2.45) is 16.8 Å². The van der Waals surface area contributed by atoms with Crippen molar-refractivity contribution in [3.05, 3.63) is 70.0 Å². The number of Topliss-reactive ketones (excluding diaryl/α,β-unsaturated/α-hetero) is 1. The minimum atomic E-state index is -0.592. The van der Waals surface area contributed by atoms with Gasteiger partial charge in [-0.25, -0.2) is 4.98 Å². The summed E-state index contributed by atoms with van der Waals surface area (Å²) in [5.41, 5.74) is 4.09. The highest BCUT2D eigenvalue weighted by molar-refractivity contribution is 6.30. The quantitative estimate of drug-likeness (QED) is 0.748. The number of nitrogens with zero attached hydrogens (tertiary/aromatic N) is 2. The summed E-state index contributed by atoms with van der Waals surface area (Å²) in [6.07, 6.45) is 2.93. The maximum atomic E-state index is 13.4. The maximum Gasteiger partial charge on any atom is 0.235 e. The van der Waals surface area contributed by atoms with Gasteiger partial charge in [-0.2, -0.15) is 0 Å². The van der Waals surface area contributed by atoms with Gasteiger partial charge in [-0.15, -0.1) is 0 Å². The van der Waals surface area contributed by atoms with Gasteiger partial charge in [0.2, 0.25) is 5.91 Å². The predicted octanol–water partition coefficient (Wildman–Crippen LogP) is 5.11. The Kier molecular flexibility index (Phi) is 5.56. The second-order valence-electron chi connectivity index (χ2n) is 8.27. The number of ketones is 1. The number of halogens is 1. The fraction of sp³-hybridized carbons (Fsp3) is 0.333. The number of benzene rings is 1. The van der Waals surface area contributed by atoms with Crippen LogP contribution in [0.25, 0.3) is 0 Å². The first-order chi connectivity index (χ1) is 14.3. The summed E-state index contributed by atoms with van der Waals surface area (Å²) in [6.45, 7) is 5.87. The lowest BCUT2D eigenvalue weighted by Crippen LogP contribution is -2.39. The summed E-state index contributed by atoms with van der Waals surface area (Å²) in [6, 6.07) is 11.1. The first-order valence-corrected chi connectivity index (χ1v) is 10.5. The molecule has 2 aliphatic rings. The molecule has 0 spiro atoms. The van der Waals surface area contributed by atoms with Crippen molar-refractivity contribution < 1.29 is 9.59 Å². The average molecular weight is 422 g/mol. The van der Waals surface area contributed by atoms with Crippen molar-refractivity contribution in [3.63, 3.8) is 0 Å². The van der Waals surface area contributed by atoms with Crippen LogP contribution in [0.15, 0.2) is 58.9 Å². The van der Waals surface area contributed by atoms with E-state index in [1.165, 1.54) is 0 Å². The highest BCUT2D eigenvalue weighted by atomic mass is 35.5. The number of aliphatic imine (C=N–C) groups is 1. The number of carbonyl (C=O) groups is 2. The fourth-order valence-corrected chi connectivity index (χ4v) is 4.49. The van der Waals surface area contributed by atoms with E-state index in [0.717, 1.165) is 23.2 Å². The van der Waals surface area contributed by atoms with E-state index < -0.39 is 5.92 Å². The molecule has 1 aliphatic heterocycles. The Bertz CT molecular complexity index is 1050. The average Bonchev–Trinajstić information content (AvgIpc) is 2.69. The molecule has 0 fully saturated rings. The molecular weight excluding hydrogens is 398 g/mol. The van der Waals surface area contributed by atoms with E-state index in [0.29, 0.717) is 28.5 Å². The number of amides is 1. The topological polar surface area (TPSA) is 71.4 Å². The molecule has 0 radical (unpaired) electrons. The largest absolute Gasteiger partial charge is 0.310 e. The third kappa shape index (κ3) is 3.94. The van der Waals surface area contributed by atoms with Crippen LogP contribution in [0.3, 0.4) is 0 Å². The van der Waals surface area contributed by atoms with Crippen LogP contribution >= 0.6 is 11.6 Å². The minimum Gasteiger partial charge on any atom is -0.310 e. The molecule has 0 bridgehead atoms. The zero-order valence-corrected chi connectivity index (χ0v) is 18.0. The van der Waals surface area contributed by atoms with Crippen molar-refractivity contribution in [2.45, 2.75) is 39.5 Å². The van der Waals surface area contributed by atoms with E-state index >= 15 is 0 Å². The zero-order valence-electron chi connectivity index (χ0n) is 17.3. The van der Waals surface area contributed by atoms with Crippen LogP contribution in [0.1, 0.15) is 43.7 Å². The molecule has 2 heterocycles. The lowest BCUT2D eigenvalue weighted by molar-refractivity contribution is -0.119. The summed E-state index contributed by atoms with van der Waals surface area (Å²) in [4.78, 5) is 35.4. The summed E-state index contributed by atoms with van der Waals surface area (Å²) in [5, 5.41) is 3.52. The van der Waals surface area contributed by atoms with Crippen molar-refractivity contribution in [3.8, 4) is 0 Å². The fourth-order valence-electron chi connectivity index (χ4n) is 4.36. The van der Waals surface area contributed by atoms with Gasteiger partial charge in [0.25, 0.3) is 0 Å². The van der Waals surface area contributed by atoms with E-state index in [1.54, 1.807) is 24.4 Å². The van der Waals surface area contributed by atoms with Crippen LogP contribution in [0.2, 0.25) is 5.02 Å². The Hall–Kier alpha value is -2.79. The Balaban J connectivity index is 1.77. The van der Waals surface area contributed by atoms with E-state index in [4.69, 9.17) is 16.6 Å². The summed E-state index contributed by atoms with van der Waals surface area (Å²) < 4.78 is 0. The van der Waals surface area contributed by atoms with Gasteiger partial charge in [0.15, 0.2) is 5.78 Å². The Morgan fingerprint density at radius 3 is 2.50 bits per heavy atom. The Morgan fingerprint density at radius 2 is 1.83 bits per heavy atom. The molecule has 3 atom stereocenters. The molecule has 0 saturated heterocycles. The SMILES string of the molecule is CC1=NC2=C(C(=O)C[C@@H](C)C2)[C@H](c2ccc(Cl)cc2)C1C(=O)Nc1ccc(C)cn1. The number of anilines is 1. The monoisotopic (exact) mass is 421 g/mol. The van der Waals surface area contributed by atoms with Gasteiger partial charge in [-0.1, -0.05) is 36.7 Å². The van der Waals surface area contributed by atoms with Crippen molar-refractivity contribution in [1.29, 1.82) is 0 Å². The highest BCUT2D eigenvalue weighted by Gasteiger charge is 2.43. The standard InChI is InChI=1S/C24H24ClN3O2/c1-13-4-9-20(26-12-13)28-24(30)21-15(3)27-18-10-14(2)11-19(29)23(18)22(21)16-5-7-17(25)8-6-16/h4-9,12,14,21-22H,10-11H2,1-3H3,(H,26,28,30)/t14-,21?,22+/m0/s1. The molecule has 0 saturated carbocycles. The molecule has 6 heteroatoms. The number of hydrogen-bond donors (Lipinski definition) is 1. The van der Waals surface area contributed by atoms with Crippen LogP contribution in [-0.4, -0.2) is 22.4 Å². The van der Waals surface area contributed by atoms with E-state index in [1.807, 2.05) is 32.0 Å². The van der Waals surface area contributed by atoms with Crippen LogP contribution in [0.4, 0.5) is 5.82 Å². The van der Waals surface area contributed by atoms with Crippen molar-refractivity contribution in [2.75, 3.05) is 5.32 Å². The maximum absolute atomic E-state index is 13.4. The van der Waals surface area contributed by atoms with Gasteiger partial charge < -0.3 is 5.32 Å². The molecule has 4 rings (SSSR count). The first kappa shape index (κ1) is 20.5. The lowest BCUT2D eigenvalue weighted by atomic mass is 9.70. The number of pyridine rings is 1. The van der Waals surface area contributed by atoms with E-state index in [2.05, 4.69) is 17.2 Å². The minimum absolute atomic E-state index is 0.0752. The molecule has 2 aromatic rings. The molecule has 154 valence electrons. The summed E-state index contributed by atoms with van der Waals surface area (Å²) in [7, 11) is 0. The second kappa shape index (κ2) is 8.15. The number of carbonyl (C=O) groups excluding carboxylic acids is 2. The molecule has 5 nitrogen and oxygen atoms in total. The Labute approximate surface area is 181 Å². The van der Waals surface area contributed by atoms with E-state index in [9.17, 15) is 9.59 Å². The van der Waals surface area contributed by atoms with Gasteiger partial charge in [0.1, 0.15) is 5.82 Å². The number of allylic oxidation sites excluding steroid dienone is 2. The van der Waals surface area contributed by atoms with Gasteiger partial charge in [-0.05, 0) is 55.5 Å². The van der Waals surface area contributed by atoms with E-state index in [-0.39, 0.29) is 23.5 Å². The smallest absolute Gasteiger partial charge is 0.235 e. The van der Waals surface area contributed by atoms with Crippen LogP contribution in [-0.2, 0) is 9.59 Å². The van der Waals surface area contributed by atoms with Crippen LogP contribution in [0.5, 0.6) is 0 Å². The highest BCUT2D eigenvalue weighted by Crippen LogP contribution is 2.44.